The Kier molecular flexibility index (Phi) is 6.84. The van der Waals surface area contributed by atoms with Crippen molar-refractivity contribution in [1.82, 2.24) is 14.7 Å². The number of hydrogen-bond acceptors (Lipinski definition) is 5. The number of amides is 1. The molecule has 2 atom stereocenters. The van der Waals surface area contributed by atoms with Crippen molar-refractivity contribution in [3.05, 3.63) is 108 Å². The summed E-state index contributed by atoms with van der Waals surface area (Å²) in [6.45, 7) is 4.92. The van der Waals surface area contributed by atoms with Gasteiger partial charge in [-0.25, -0.2) is 14.1 Å². The van der Waals surface area contributed by atoms with E-state index in [0.717, 1.165) is 34.1 Å². The fraction of sp³-hybridized carbons (Fsp3) is 0.258. The average Bonchev–Trinajstić information content (AvgIpc) is 3.44. The van der Waals surface area contributed by atoms with E-state index in [2.05, 4.69) is 10.00 Å². The molecule has 198 valence electrons. The van der Waals surface area contributed by atoms with Gasteiger partial charge in [-0.05, 0) is 54.4 Å². The number of nitrogens with zero attached hydrogens (tertiary/aromatic N) is 5. The molecule has 1 fully saturated rings. The highest BCUT2D eigenvalue weighted by Gasteiger charge is 2.40. The fourth-order valence-corrected chi connectivity index (χ4v) is 5.44. The molecule has 6 rings (SSSR count). The van der Waals surface area contributed by atoms with Crippen molar-refractivity contribution >= 4 is 23.1 Å². The number of carbonyl (C=O) groups is 1. The molecule has 1 saturated heterocycles. The van der Waals surface area contributed by atoms with Crippen molar-refractivity contribution in [3.8, 4) is 5.75 Å². The van der Waals surface area contributed by atoms with E-state index < -0.39 is 5.92 Å². The van der Waals surface area contributed by atoms with Crippen molar-refractivity contribution in [2.75, 3.05) is 31.1 Å². The maximum absolute atomic E-state index is 14.1. The van der Waals surface area contributed by atoms with Crippen molar-refractivity contribution < 1.29 is 13.9 Å². The fourth-order valence-electron chi connectivity index (χ4n) is 5.44. The second-order valence-electron chi connectivity index (χ2n) is 9.95. The van der Waals surface area contributed by atoms with E-state index in [1.54, 1.807) is 18.3 Å². The minimum atomic E-state index is -0.487. The summed E-state index contributed by atoms with van der Waals surface area (Å²) < 4.78 is 21.3. The minimum Gasteiger partial charge on any atom is -0.489 e. The van der Waals surface area contributed by atoms with E-state index in [1.165, 1.54) is 12.1 Å². The highest BCUT2D eigenvalue weighted by Crippen LogP contribution is 2.38. The third kappa shape index (κ3) is 5.14. The predicted molar refractivity (Wildman–Crippen MR) is 149 cm³/mol. The molecule has 7 nitrogen and oxygen atoms in total. The van der Waals surface area contributed by atoms with Crippen LogP contribution in [0.2, 0.25) is 0 Å². The summed E-state index contributed by atoms with van der Waals surface area (Å²) in [5.41, 5.74) is 3.77. The first kappa shape index (κ1) is 24.9. The van der Waals surface area contributed by atoms with Crippen LogP contribution >= 0.6 is 0 Å². The topological polar surface area (TPSA) is 63.0 Å². The van der Waals surface area contributed by atoms with E-state index in [-0.39, 0.29) is 17.8 Å². The average molecular weight is 524 g/mol. The summed E-state index contributed by atoms with van der Waals surface area (Å²) in [6, 6.07) is 26.0. The summed E-state index contributed by atoms with van der Waals surface area (Å²) in [6.07, 6.45) is 1.73. The van der Waals surface area contributed by atoms with Gasteiger partial charge in [0.05, 0.1) is 12.2 Å². The Balaban J connectivity index is 1.23. The normalized spacial score (nSPS) is 18.9. The van der Waals surface area contributed by atoms with Gasteiger partial charge in [0, 0.05) is 43.6 Å². The summed E-state index contributed by atoms with van der Waals surface area (Å²) in [5, 5.41) is 4.57. The molecule has 2 aliphatic rings. The van der Waals surface area contributed by atoms with E-state index >= 15 is 0 Å². The molecule has 3 aromatic carbocycles. The van der Waals surface area contributed by atoms with E-state index in [0.29, 0.717) is 32.8 Å². The lowest BCUT2D eigenvalue weighted by Crippen LogP contribution is -2.53. The molecule has 2 aliphatic heterocycles. The molecule has 3 heterocycles. The van der Waals surface area contributed by atoms with E-state index in [4.69, 9.17) is 9.73 Å². The Labute approximate surface area is 227 Å². The molecule has 8 heteroatoms. The van der Waals surface area contributed by atoms with Crippen molar-refractivity contribution in [1.29, 1.82) is 0 Å². The Bertz CT molecular complexity index is 1480. The van der Waals surface area contributed by atoms with Crippen LogP contribution in [0.5, 0.6) is 5.75 Å². The number of piperazine rings is 1. The van der Waals surface area contributed by atoms with E-state index in [9.17, 15) is 9.18 Å². The number of aromatic nitrogens is 2. The Morgan fingerprint density at radius 3 is 2.49 bits per heavy atom. The SMILES string of the molecule is CC1=Nc2ccnn2C(c2cccc(OCc3ccccc3)c2)C1C(=O)N1CCN(c2ccc(F)cc2)CC1. The zero-order valence-electron chi connectivity index (χ0n) is 21.8. The third-order valence-electron chi connectivity index (χ3n) is 7.47. The minimum absolute atomic E-state index is 0.0387. The van der Waals surface area contributed by atoms with Crippen LogP contribution in [-0.4, -0.2) is 52.5 Å². The van der Waals surface area contributed by atoms with Gasteiger partial charge in [-0.3, -0.25) is 4.79 Å². The number of anilines is 1. The molecule has 0 radical (unpaired) electrons. The standard InChI is InChI=1S/C31H30FN5O2/c1-22-29(31(38)36-18-16-35(17-19-36)26-12-10-25(32)11-13-26)30(37-28(34-22)14-15-33-37)24-8-5-9-27(20-24)39-21-23-6-3-2-4-7-23/h2-15,20,29-30H,16-19,21H2,1H3. The molecular formula is C31H30FN5O2. The highest BCUT2D eigenvalue weighted by atomic mass is 19.1. The summed E-state index contributed by atoms with van der Waals surface area (Å²) in [5.74, 6) is 0.775. The number of halogens is 1. The van der Waals surface area contributed by atoms with Gasteiger partial charge in [0.25, 0.3) is 0 Å². The van der Waals surface area contributed by atoms with Crippen LogP contribution in [0.3, 0.4) is 0 Å². The highest BCUT2D eigenvalue weighted by molar-refractivity contribution is 6.05. The molecule has 2 unspecified atom stereocenters. The van der Waals surface area contributed by atoms with Gasteiger partial charge in [0.15, 0.2) is 5.82 Å². The monoisotopic (exact) mass is 523 g/mol. The van der Waals surface area contributed by atoms with Crippen LogP contribution in [0.15, 0.2) is 96.1 Å². The second-order valence-corrected chi connectivity index (χ2v) is 9.95. The molecule has 0 N–H and O–H groups in total. The number of rotatable bonds is 6. The maximum atomic E-state index is 14.1. The molecule has 1 amide bonds. The molecule has 0 saturated carbocycles. The van der Waals surface area contributed by atoms with Crippen LogP contribution in [0, 0.1) is 11.7 Å². The zero-order valence-corrected chi connectivity index (χ0v) is 21.8. The molecule has 39 heavy (non-hydrogen) atoms. The second kappa shape index (κ2) is 10.7. The van der Waals surface area contributed by atoms with Gasteiger partial charge in [-0.15, -0.1) is 0 Å². The largest absolute Gasteiger partial charge is 0.489 e. The Morgan fingerprint density at radius 1 is 0.949 bits per heavy atom. The molecule has 4 aromatic rings. The molecule has 0 bridgehead atoms. The summed E-state index contributed by atoms with van der Waals surface area (Å²) >= 11 is 0. The van der Waals surface area contributed by atoms with Crippen molar-refractivity contribution in [2.24, 2.45) is 10.9 Å². The van der Waals surface area contributed by atoms with Gasteiger partial charge in [0.2, 0.25) is 5.91 Å². The van der Waals surface area contributed by atoms with Gasteiger partial charge >= 0.3 is 0 Å². The number of benzene rings is 3. The van der Waals surface area contributed by atoms with Crippen molar-refractivity contribution in [3.63, 3.8) is 0 Å². The molecular weight excluding hydrogens is 493 g/mol. The lowest BCUT2D eigenvalue weighted by atomic mass is 9.86. The molecule has 0 spiro atoms. The number of hydrogen-bond donors (Lipinski definition) is 0. The van der Waals surface area contributed by atoms with Gasteiger partial charge in [0.1, 0.15) is 24.1 Å². The zero-order chi connectivity index (χ0) is 26.8. The van der Waals surface area contributed by atoms with Crippen LogP contribution < -0.4 is 9.64 Å². The number of aliphatic imine (C=N–C) groups is 1. The molecule has 0 aliphatic carbocycles. The number of fused-ring (bicyclic) bond motifs is 1. The Hall–Kier alpha value is -4.46. The lowest BCUT2D eigenvalue weighted by molar-refractivity contribution is -0.134. The Morgan fingerprint density at radius 2 is 1.72 bits per heavy atom. The van der Waals surface area contributed by atoms with Crippen LogP contribution in [-0.2, 0) is 11.4 Å². The third-order valence-corrected chi connectivity index (χ3v) is 7.47. The van der Waals surface area contributed by atoms with Crippen molar-refractivity contribution in [2.45, 2.75) is 19.6 Å². The first-order chi connectivity index (χ1) is 19.1. The molecule has 1 aromatic heterocycles. The van der Waals surface area contributed by atoms with Gasteiger partial charge in [-0.2, -0.15) is 5.10 Å². The smallest absolute Gasteiger partial charge is 0.234 e. The lowest BCUT2D eigenvalue weighted by Gasteiger charge is -2.40. The van der Waals surface area contributed by atoms with Crippen LogP contribution in [0.4, 0.5) is 15.9 Å². The van der Waals surface area contributed by atoms with Gasteiger partial charge < -0.3 is 14.5 Å². The summed E-state index contributed by atoms with van der Waals surface area (Å²) in [4.78, 5) is 22.9. The van der Waals surface area contributed by atoms with Gasteiger partial charge in [-0.1, -0.05) is 42.5 Å². The number of ether oxygens (including phenoxy) is 1. The van der Waals surface area contributed by atoms with Crippen LogP contribution in [0.1, 0.15) is 24.1 Å². The summed E-state index contributed by atoms with van der Waals surface area (Å²) in [7, 11) is 0. The first-order valence-electron chi connectivity index (χ1n) is 13.2. The van der Waals surface area contributed by atoms with E-state index in [1.807, 2.05) is 77.2 Å². The quantitative estimate of drug-likeness (QED) is 0.346. The maximum Gasteiger partial charge on any atom is 0.234 e. The van der Waals surface area contributed by atoms with Crippen LogP contribution in [0.25, 0.3) is 0 Å². The first-order valence-corrected chi connectivity index (χ1v) is 13.2. The predicted octanol–water partition coefficient (Wildman–Crippen LogP) is 5.26. The number of carbonyl (C=O) groups excluding carboxylic acids is 1.